The quantitative estimate of drug-likeness (QED) is 0.827. The number of carbonyl (C=O) groups excluding carboxylic acids is 1. The van der Waals surface area contributed by atoms with Crippen molar-refractivity contribution in [1.29, 1.82) is 0 Å². The van der Waals surface area contributed by atoms with Crippen LogP contribution in [-0.2, 0) is 0 Å². The standard InChI is InChI=1S/C17H24N2O/c1-12(2)14-7-9-15(10-8-14)17(20)19-18-16-6-4-5-13(3)11-16/h7-10,12-13H,4-6,11H2,1-3H3,(H,19,20). The van der Waals surface area contributed by atoms with Crippen molar-refractivity contribution in [3.8, 4) is 0 Å². The van der Waals surface area contributed by atoms with Gasteiger partial charge in [0.2, 0.25) is 0 Å². The summed E-state index contributed by atoms with van der Waals surface area (Å²) >= 11 is 0. The molecule has 108 valence electrons. The summed E-state index contributed by atoms with van der Waals surface area (Å²) in [5, 5.41) is 4.28. The number of benzene rings is 1. The highest BCUT2D eigenvalue weighted by Crippen LogP contribution is 2.21. The van der Waals surface area contributed by atoms with E-state index >= 15 is 0 Å². The van der Waals surface area contributed by atoms with Gasteiger partial charge in [-0.2, -0.15) is 5.10 Å². The minimum atomic E-state index is -0.119. The molecule has 0 saturated heterocycles. The van der Waals surface area contributed by atoms with Crippen LogP contribution in [0.1, 0.15) is 68.3 Å². The van der Waals surface area contributed by atoms with E-state index < -0.39 is 0 Å². The van der Waals surface area contributed by atoms with E-state index in [1.54, 1.807) is 0 Å². The van der Waals surface area contributed by atoms with Gasteiger partial charge in [0.1, 0.15) is 0 Å². The zero-order chi connectivity index (χ0) is 14.5. The molecule has 1 aliphatic carbocycles. The fourth-order valence-electron chi connectivity index (χ4n) is 2.58. The molecule has 1 saturated carbocycles. The molecule has 1 aromatic carbocycles. The summed E-state index contributed by atoms with van der Waals surface area (Å²) in [6.07, 6.45) is 4.46. The largest absolute Gasteiger partial charge is 0.271 e. The van der Waals surface area contributed by atoms with Gasteiger partial charge < -0.3 is 0 Å². The van der Waals surface area contributed by atoms with Crippen molar-refractivity contribution in [2.75, 3.05) is 0 Å². The predicted octanol–water partition coefficient (Wildman–Crippen LogP) is 4.11. The molecule has 0 spiro atoms. The molecule has 1 fully saturated rings. The van der Waals surface area contributed by atoms with Gasteiger partial charge in [-0.1, -0.05) is 32.9 Å². The van der Waals surface area contributed by atoms with E-state index in [4.69, 9.17) is 0 Å². The van der Waals surface area contributed by atoms with Crippen LogP contribution in [0.15, 0.2) is 29.4 Å². The van der Waals surface area contributed by atoms with Crippen LogP contribution in [0.3, 0.4) is 0 Å². The number of hydrazone groups is 1. The number of nitrogens with one attached hydrogen (secondary N) is 1. The molecule has 3 heteroatoms. The first-order valence-electron chi connectivity index (χ1n) is 7.52. The Labute approximate surface area is 121 Å². The third-order valence-corrected chi connectivity index (χ3v) is 3.90. The van der Waals surface area contributed by atoms with Gasteiger partial charge in [0.05, 0.1) is 0 Å². The number of hydrogen-bond donors (Lipinski definition) is 1. The van der Waals surface area contributed by atoms with Crippen molar-refractivity contribution < 1.29 is 4.79 Å². The lowest BCUT2D eigenvalue weighted by Crippen LogP contribution is -2.22. The van der Waals surface area contributed by atoms with Gasteiger partial charge in [-0.3, -0.25) is 4.79 Å². The number of nitrogens with zero attached hydrogens (tertiary/aromatic N) is 1. The van der Waals surface area contributed by atoms with Crippen molar-refractivity contribution in [3.63, 3.8) is 0 Å². The SMILES string of the molecule is CC1CCCC(=NNC(=O)c2ccc(C(C)C)cc2)C1. The molecule has 1 aliphatic rings. The highest BCUT2D eigenvalue weighted by molar-refractivity contribution is 5.95. The van der Waals surface area contributed by atoms with Crippen LogP contribution in [0.4, 0.5) is 0 Å². The summed E-state index contributed by atoms with van der Waals surface area (Å²) in [5.74, 6) is 1.05. The first kappa shape index (κ1) is 14.8. The Morgan fingerprint density at radius 1 is 1.30 bits per heavy atom. The fourth-order valence-corrected chi connectivity index (χ4v) is 2.58. The van der Waals surface area contributed by atoms with Crippen LogP contribution >= 0.6 is 0 Å². The monoisotopic (exact) mass is 272 g/mol. The molecular formula is C17H24N2O. The van der Waals surface area contributed by atoms with E-state index in [1.807, 2.05) is 24.3 Å². The molecule has 20 heavy (non-hydrogen) atoms. The molecule has 1 N–H and O–H groups in total. The van der Waals surface area contributed by atoms with Gasteiger partial charge in [0, 0.05) is 11.3 Å². The molecule has 1 aromatic rings. The van der Waals surface area contributed by atoms with Gasteiger partial charge in [0.25, 0.3) is 5.91 Å². The second-order valence-electron chi connectivity index (χ2n) is 6.10. The summed E-state index contributed by atoms with van der Waals surface area (Å²) in [5.41, 5.74) is 5.72. The first-order valence-corrected chi connectivity index (χ1v) is 7.52. The van der Waals surface area contributed by atoms with E-state index in [1.165, 1.54) is 18.4 Å². The van der Waals surface area contributed by atoms with Gasteiger partial charge in [-0.15, -0.1) is 0 Å². The summed E-state index contributed by atoms with van der Waals surface area (Å²) < 4.78 is 0. The molecule has 3 nitrogen and oxygen atoms in total. The van der Waals surface area contributed by atoms with Crippen LogP contribution in [0.5, 0.6) is 0 Å². The summed E-state index contributed by atoms with van der Waals surface area (Å²) in [7, 11) is 0. The number of hydrogen-bond acceptors (Lipinski definition) is 2. The molecule has 0 bridgehead atoms. The van der Waals surface area contributed by atoms with Crippen LogP contribution in [0.2, 0.25) is 0 Å². The minimum Gasteiger partial charge on any atom is -0.267 e. The maximum absolute atomic E-state index is 12.0. The fraction of sp³-hybridized carbons (Fsp3) is 0.529. The summed E-state index contributed by atoms with van der Waals surface area (Å²) in [6.45, 7) is 6.53. The Kier molecular flexibility index (Phi) is 4.94. The van der Waals surface area contributed by atoms with Gasteiger partial charge >= 0.3 is 0 Å². The van der Waals surface area contributed by atoms with E-state index in [9.17, 15) is 4.79 Å². The summed E-state index contributed by atoms with van der Waals surface area (Å²) in [6, 6.07) is 7.76. The molecule has 0 heterocycles. The zero-order valence-electron chi connectivity index (χ0n) is 12.6. The van der Waals surface area contributed by atoms with Crippen molar-refractivity contribution in [1.82, 2.24) is 5.43 Å². The highest BCUT2D eigenvalue weighted by atomic mass is 16.2. The van der Waals surface area contributed by atoms with E-state index in [2.05, 4.69) is 31.3 Å². The first-order chi connectivity index (χ1) is 9.56. The van der Waals surface area contributed by atoms with Crippen LogP contribution in [-0.4, -0.2) is 11.6 Å². The normalized spacial score (nSPS) is 21.2. The van der Waals surface area contributed by atoms with E-state index in [0.717, 1.165) is 18.6 Å². The molecule has 1 amide bonds. The van der Waals surface area contributed by atoms with Gasteiger partial charge in [0.15, 0.2) is 0 Å². The maximum Gasteiger partial charge on any atom is 0.271 e. The Morgan fingerprint density at radius 2 is 2.00 bits per heavy atom. The number of amides is 1. The lowest BCUT2D eigenvalue weighted by molar-refractivity contribution is 0.0954. The zero-order valence-corrected chi connectivity index (χ0v) is 12.6. The van der Waals surface area contributed by atoms with Crippen molar-refractivity contribution in [2.45, 2.75) is 52.4 Å². The Balaban J connectivity index is 1.96. The smallest absolute Gasteiger partial charge is 0.267 e. The maximum atomic E-state index is 12.0. The van der Waals surface area contributed by atoms with Crippen LogP contribution < -0.4 is 5.43 Å². The number of carbonyl (C=O) groups is 1. The van der Waals surface area contributed by atoms with Crippen molar-refractivity contribution in [3.05, 3.63) is 35.4 Å². The molecule has 0 aliphatic heterocycles. The third kappa shape index (κ3) is 3.92. The van der Waals surface area contributed by atoms with Crippen LogP contribution in [0, 0.1) is 5.92 Å². The highest BCUT2D eigenvalue weighted by Gasteiger charge is 2.14. The van der Waals surface area contributed by atoms with Crippen molar-refractivity contribution in [2.24, 2.45) is 11.0 Å². The Bertz CT molecular complexity index is 488. The number of rotatable bonds is 3. The van der Waals surface area contributed by atoms with Gasteiger partial charge in [-0.25, -0.2) is 5.43 Å². The lowest BCUT2D eigenvalue weighted by Gasteiger charge is -2.18. The van der Waals surface area contributed by atoms with Crippen molar-refractivity contribution >= 4 is 11.6 Å². The molecular weight excluding hydrogens is 248 g/mol. The lowest BCUT2D eigenvalue weighted by atomic mass is 9.89. The predicted molar refractivity (Wildman–Crippen MR) is 83.1 cm³/mol. The molecule has 0 radical (unpaired) electrons. The van der Waals surface area contributed by atoms with E-state index in [-0.39, 0.29) is 5.91 Å². The third-order valence-electron chi connectivity index (χ3n) is 3.90. The van der Waals surface area contributed by atoms with E-state index in [0.29, 0.717) is 17.4 Å². The molecule has 0 aromatic heterocycles. The molecule has 1 atom stereocenters. The average Bonchev–Trinajstić information content (AvgIpc) is 2.45. The molecule has 1 unspecified atom stereocenters. The second-order valence-corrected chi connectivity index (χ2v) is 6.10. The average molecular weight is 272 g/mol. The molecule has 2 rings (SSSR count). The van der Waals surface area contributed by atoms with Crippen LogP contribution in [0.25, 0.3) is 0 Å². The second kappa shape index (κ2) is 6.69. The summed E-state index contributed by atoms with van der Waals surface area (Å²) in [4.78, 5) is 12.0. The Hall–Kier alpha value is -1.64. The van der Waals surface area contributed by atoms with Gasteiger partial charge in [-0.05, 0) is 55.2 Å². The minimum absolute atomic E-state index is 0.119. The topological polar surface area (TPSA) is 41.5 Å². The Morgan fingerprint density at radius 3 is 2.60 bits per heavy atom.